The van der Waals surface area contributed by atoms with Gasteiger partial charge in [-0.15, -0.1) is 11.3 Å². The van der Waals surface area contributed by atoms with Crippen LogP contribution in [0.3, 0.4) is 0 Å². The number of carbonyl (C=O) groups excluding carboxylic acids is 1. The summed E-state index contributed by atoms with van der Waals surface area (Å²) in [5, 5.41) is 7.62. The van der Waals surface area contributed by atoms with E-state index >= 15 is 0 Å². The van der Waals surface area contributed by atoms with Crippen LogP contribution in [0.4, 0.5) is 10.8 Å². The molecule has 0 bridgehead atoms. The fourth-order valence-electron chi connectivity index (χ4n) is 4.21. The molecule has 2 aromatic rings. The summed E-state index contributed by atoms with van der Waals surface area (Å²) >= 11 is 1.70. The third-order valence-electron chi connectivity index (χ3n) is 5.82. The van der Waals surface area contributed by atoms with Gasteiger partial charge in [-0.1, -0.05) is 18.2 Å². The fraction of sp³-hybridized carbons (Fsp3) is 0.474. The van der Waals surface area contributed by atoms with Crippen molar-refractivity contribution in [2.24, 2.45) is 0 Å². The van der Waals surface area contributed by atoms with Crippen molar-refractivity contribution in [1.82, 2.24) is 15.2 Å². The van der Waals surface area contributed by atoms with Gasteiger partial charge in [-0.2, -0.15) is 0 Å². The molecule has 1 atom stereocenters. The van der Waals surface area contributed by atoms with Crippen molar-refractivity contribution in [2.45, 2.75) is 37.1 Å². The van der Waals surface area contributed by atoms with E-state index in [1.165, 1.54) is 4.88 Å². The highest BCUT2D eigenvalue weighted by molar-refractivity contribution is 7.15. The number of para-hydroxylation sites is 1. The van der Waals surface area contributed by atoms with Crippen molar-refractivity contribution >= 4 is 28.1 Å². The number of aryl methyl sites for hydroxylation is 1. The Hall–Kier alpha value is -1.92. The summed E-state index contributed by atoms with van der Waals surface area (Å²) in [6.45, 7) is 2.82. The lowest BCUT2D eigenvalue weighted by atomic mass is 9.77. The van der Waals surface area contributed by atoms with Gasteiger partial charge in [0.05, 0.1) is 17.2 Å². The molecular weight excluding hydrogens is 332 g/mol. The van der Waals surface area contributed by atoms with Crippen LogP contribution in [0.1, 0.15) is 35.8 Å². The van der Waals surface area contributed by atoms with E-state index in [0.29, 0.717) is 5.91 Å². The van der Waals surface area contributed by atoms with Crippen LogP contribution < -0.4 is 10.6 Å². The molecule has 5 rings (SSSR count). The molecule has 3 aliphatic rings. The van der Waals surface area contributed by atoms with E-state index in [2.05, 4.69) is 15.5 Å². The Morgan fingerprint density at radius 3 is 2.84 bits per heavy atom. The Morgan fingerprint density at radius 1 is 1.32 bits per heavy atom. The molecule has 0 radical (unpaired) electrons. The van der Waals surface area contributed by atoms with Crippen LogP contribution in [0.5, 0.6) is 0 Å². The number of carbonyl (C=O) groups is 1. The predicted molar refractivity (Wildman–Crippen MR) is 99.4 cm³/mol. The third kappa shape index (κ3) is 2.47. The third-order valence-corrected chi connectivity index (χ3v) is 6.87. The van der Waals surface area contributed by atoms with Crippen molar-refractivity contribution in [3.8, 4) is 0 Å². The van der Waals surface area contributed by atoms with E-state index in [-0.39, 0.29) is 11.5 Å². The first-order valence-corrected chi connectivity index (χ1v) is 9.91. The van der Waals surface area contributed by atoms with Crippen LogP contribution >= 0.6 is 11.3 Å². The van der Waals surface area contributed by atoms with Gasteiger partial charge in [0.2, 0.25) is 5.91 Å². The van der Waals surface area contributed by atoms with Gasteiger partial charge in [0.1, 0.15) is 0 Å². The number of fused-ring (bicyclic) bond motifs is 1. The highest BCUT2D eigenvalue weighted by atomic mass is 32.1. The molecule has 130 valence electrons. The Morgan fingerprint density at radius 2 is 2.16 bits per heavy atom. The van der Waals surface area contributed by atoms with Gasteiger partial charge < -0.3 is 15.5 Å². The minimum absolute atomic E-state index is 0.0518. The molecule has 2 fully saturated rings. The zero-order valence-corrected chi connectivity index (χ0v) is 14.9. The monoisotopic (exact) mass is 354 g/mol. The maximum atomic E-state index is 13.2. The van der Waals surface area contributed by atoms with Gasteiger partial charge in [0.25, 0.3) is 0 Å². The molecule has 1 aliphatic carbocycles. The SMILES string of the molecule is O=C(C1CCCc2sc(Nc3ccccc3)nc21)N1CCC12CNC2. The Bertz CT molecular complexity index is 794. The van der Waals surface area contributed by atoms with Crippen LogP contribution in [-0.2, 0) is 11.2 Å². The lowest BCUT2D eigenvalue weighted by Crippen LogP contribution is -2.77. The summed E-state index contributed by atoms with van der Waals surface area (Å²) in [6, 6.07) is 10.1. The molecule has 2 N–H and O–H groups in total. The lowest BCUT2D eigenvalue weighted by molar-refractivity contribution is -0.154. The largest absolute Gasteiger partial charge is 0.334 e. The number of rotatable bonds is 3. The smallest absolute Gasteiger partial charge is 0.232 e. The predicted octanol–water partition coefficient (Wildman–Crippen LogP) is 2.88. The highest BCUT2D eigenvalue weighted by Gasteiger charge is 2.53. The Kier molecular flexibility index (Phi) is 3.57. The van der Waals surface area contributed by atoms with E-state index in [1.54, 1.807) is 11.3 Å². The summed E-state index contributed by atoms with van der Waals surface area (Å²) < 4.78 is 0. The van der Waals surface area contributed by atoms with E-state index in [9.17, 15) is 4.79 Å². The van der Waals surface area contributed by atoms with Crippen LogP contribution in [0.15, 0.2) is 30.3 Å². The second-order valence-corrected chi connectivity index (χ2v) is 8.41. The number of benzene rings is 1. The van der Waals surface area contributed by atoms with Gasteiger partial charge >= 0.3 is 0 Å². The Labute approximate surface area is 151 Å². The van der Waals surface area contributed by atoms with Crippen molar-refractivity contribution in [1.29, 1.82) is 0 Å². The van der Waals surface area contributed by atoms with E-state index in [1.807, 2.05) is 30.3 Å². The number of nitrogens with zero attached hydrogens (tertiary/aromatic N) is 2. The maximum absolute atomic E-state index is 13.2. The van der Waals surface area contributed by atoms with Gasteiger partial charge in [-0.05, 0) is 37.8 Å². The van der Waals surface area contributed by atoms with E-state index in [4.69, 9.17) is 4.98 Å². The first-order chi connectivity index (χ1) is 12.3. The summed E-state index contributed by atoms with van der Waals surface area (Å²) in [5.74, 6) is 0.245. The second kappa shape index (κ2) is 5.81. The summed E-state index contributed by atoms with van der Waals surface area (Å²) in [7, 11) is 0. The summed E-state index contributed by atoms with van der Waals surface area (Å²) in [5.41, 5.74) is 2.18. The zero-order valence-electron chi connectivity index (χ0n) is 14.1. The molecule has 1 aromatic heterocycles. The first kappa shape index (κ1) is 15.3. The molecule has 1 amide bonds. The second-order valence-electron chi connectivity index (χ2n) is 7.33. The number of amides is 1. The van der Waals surface area contributed by atoms with Crippen LogP contribution in [-0.4, -0.2) is 41.0 Å². The number of hydrogen-bond donors (Lipinski definition) is 2. The zero-order chi connectivity index (χ0) is 16.9. The normalized spacial score (nSPS) is 23.5. The molecular formula is C19H22N4OS. The minimum Gasteiger partial charge on any atom is -0.334 e. The van der Waals surface area contributed by atoms with Gasteiger partial charge in [-0.3, -0.25) is 4.79 Å². The van der Waals surface area contributed by atoms with Crippen LogP contribution in [0.25, 0.3) is 0 Å². The summed E-state index contributed by atoms with van der Waals surface area (Å²) in [6.07, 6.45) is 4.19. The molecule has 2 aliphatic heterocycles. The van der Waals surface area contributed by atoms with E-state index < -0.39 is 0 Å². The van der Waals surface area contributed by atoms with Gasteiger partial charge in [-0.25, -0.2) is 4.98 Å². The number of thiazole rings is 1. The average molecular weight is 354 g/mol. The lowest BCUT2D eigenvalue weighted by Gasteiger charge is -2.59. The Balaban J connectivity index is 1.39. The molecule has 1 spiro atoms. The molecule has 6 heteroatoms. The van der Waals surface area contributed by atoms with Crippen molar-refractivity contribution in [3.05, 3.63) is 40.9 Å². The number of likely N-dealkylation sites (tertiary alicyclic amines) is 1. The average Bonchev–Trinajstić information content (AvgIpc) is 2.95. The molecule has 5 nitrogen and oxygen atoms in total. The van der Waals surface area contributed by atoms with Crippen molar-refractivity contribution in [3.63, 3.8) is 0 Å². The van der Waals surface area contributed by atoms with Gasteiger partial charge in [0.15, 0.2) is 5.13 Å². The van der Waals surface area contributed by atoms with Crippen LogP contribution in [0.2, 0.25) is 0 Å². The number of aromatic nitrogens is 1. The molecule has 1 aromatic carbocycles. The topological polar surface area (TPSA) is 57.3 Å². The molecule has 0 saturated carbocycles. The van der Waals surface area contributed by atoms with Crippen molar-refractivity contribution in [2.75, 3.05) is 25.0 Å². The molecule has 25 heavy (non-hydrogen) atoms. The fourth-order valence-corrected chi connectivity index (χ4v) is 5.30. The minimum atomic E-state index is -0.0518. The number of anilines is 2. The first-order valence-electron chi connectivity index (χ1n) is 9.09. The van der Waals surface area contributed by atoms with Crippen LogP contribution in [0, 0.1) is 0 Å². The summed E-state index contributed by atoms with van der Waals surface area (Å²) in [4.78, 5) is 21.4. The molecule has 3 heterocycles. The van der Waals surface area contributed by atoms with Crippen molar-refractivity contribution < 1.29 is 4.79 Å². The standard InChI is InChI=1S/C19H22N4OS/c24-17(23-10-9-19(23)11-20-12-19)14-7-4-8-15-16(14)22-18(25-15)21-13-5-2-1-3-6-13/h1-3,5-6,14,20H,4,7-12H2,(H,21,22). The highest BCUT2D eigenvalue weighted by Crippen LogP contribution is 2.42. The quantitative estimate of drug-likeness (QED) is 0.890. The van der Waals surface area contributed by atoms with Gasteiger partial charge in [0, 0.05) is 30.2 Å². The number of nitrogens with one attached hydrogen (secondary N) is 2. The molecule has 2 saturated heterocycles. The molecule has 1 unspecified atom stereocenters. The van der Waals surface area contributed by atoms with E-state index in [0.717, 1.165) is 61.8 Å². The number of hydrogen-bond acceptors (Lipinski definition) is 5. The maximum Gasteiger partial charge on any atom is 0.232 e.